The summed E-state index contributed by atoms with van der Waals surface area (Å²) in [5, 5.41) is 2.99. The molecule has 0 spiro atoms. The Morgan fingerprint density at radius 3 is 2.70 bits per heavy atom. The first-order chi connectivity index (χ1) is 9.06. The molecule has 0 radical (unpaired) electrons. The Hall–Kier alpha value is -0.580. The van der Waals surface area contributed by atoms with Crippen LogP contribution < -0.4 is 11.1 Å². The lowest BCUT2D eigenvalue weighted by Gasteiger charge is -2.17. The van der Waals surface area contributed by atoms with Crippen LogP contribution >= 0.6 is 28.3 Å². The fourth-order valence-electron chi connectivity index (χ4n) is 1.87. The van der Waals surface area contributed by atoms with Crippen molar-refractivity contribution in [2.45, 2.75) is 26.7 Å². The van der Waals surface area contributed by atoms with E-state index < -0.39 is 0 Å². The van der Waals surface area contributed by atoms with Crippen molar-refractivity contribution in [1.29, 1.82) is 0 Å². The molecule has 3 N–H and O–H groups in total. The van der Waals surface area contributed by atoms with Crippen molar-refractivity contribution in [3.05, 3.63) is 34.3 Å². The van der Waals surface area contributed by atoms with Crippen molar-refractivity contribution < 1.29 is 4.79 Å². The molecule has 0 bridgehead atoms. The number of benzene rings is 1. The zero-order chi connectivity index (χ0) is 14.3. The van der Waals surface area contributed by atoms with Gasteiger partial charge in [0.1, 0.15) is 0 Å². The monoisotopic (exact) mass is 362 g/mol. The fraction of sp³-hybridized carbons (Fsp3) is 0.533. The molecule has 2 unspecified atom stereocenters. The van der Waals surface area contributed by atoms with Gasteiger partial charge < -0.3 is 11.1 Å². The highest BCUT2D eigenvalue weighted by molar-refractivity contribution is 9.10. The van der Waals surface area contributed by atoms with Crippen LogP contribution in [0.3, 0.4) is 0 Å². The highest BCUT2D eigenvalue weighted by Crippen LogP contribution is 2.17. The Bertz CT molecular complexity index is 415. The van der Waals surface area contributed by atoms with E-state index >= 15 is 0 Å². The van der Waals surface area contributed by atoms with E-state index in [0.29, 0.717) is 19.0 Å². The van der Waals surface area contributed by atoms with Gasteiger partial charge in [-0.1, -0.05) is 41.9 Å². The molecule has 5 heteroatoms. The number of amides is 1. The van der Waals surface area contributed by atoms with Crippen LogP contribution in [-0.2, 0) is 11.2 Å². The van der Waals surface area contributed by atoms with Crippen LogP contribution in [0.2, 0.25) is 0 Å². The molecule has 0 fully saturated rings. The second kappa shape index (κ2) is 10.2. The highest BCUT2D eigenvalue weighted by atomic mass is 79.9. The van der Waals surface area contributed by atoms with Crippen molar-refractivity contribution in [2.24, 2.45) is 17.6 Å². The SMILES string of the molecule is CCC(Cc1cccc(Br)c1)C(=O)NCC(C)CN.Cl. The number of nitrogens with one attached hydrogen (secondary N) is 1. The number of nitrogens with two attached hydrogens (primary N) is 1. The van der Waals surface area contributed by atoms with Crippen molar-refractivity contribution in [3.63, 3.8) is 0 Å². The third-order valence-electron chi connectivity index (χ3n) is 3.26. The third-order valence-corrected chi connectivity index (χ3v) is 3.76. The smallest absolute Gasteiger partial charge is 0.223 e. The maximum absolute atomic E-state index is 12.1. The van der Waals surface area contributed by atoms with Gasteiger partial charge in [0.05, 0.1) is 0 Å². The van der Waals surface area contributed by atoms with E-state index in [1.54, 1.807) is 0 Å². The van der Waals surface area contributed by atoms with Crippen molar-refractivity contribution in [2.75, 3.05) is 13.1 Å². The summed E-state index contributed by atoms with van der Waals surface area (Å²) in [5.74, 6) is 0.481. The van der Waals surface area contributed by atoms with Crippen LogP contribution in [0.25, 0.3) is 0 Å². The van der Waals surface area contributed by atoms with Crippen molar-refractivity contribution >= 4 is 34.2 Å². The lowest BCUT2D eigenvalue weighted by molar-refractivity contribution is -0.125. The molecule has 0 aliphatic heterocycles. The lowest BCUT2D eigenvalue weighted by Crippen LogP contribution is -2.36. The topological polar surface area (TPSA) is 55.1 Å². The molecular formula is C15H24BrClN2O. The van der Waals surface area contributed by atoms with Gasteiger partial charge >= 0.3 is 0 Å². The summed E-state index contributed by atoms with van der Waals surface area (Å²) in [6.07, 6.45) is 1.62. The Balaban J connectivity index is 0.00000361. The minimum Gasteiger partial charge on any atom is -0.356 e. The average Bonchev–Trinajstić information content (AvgIpc) is 2.41. The predicted molar refractivity (Wildman–Crippen MR) is 90.1 cm³/mol. The molecule has 0 aromatic heterocycles. The largest absolute Gasteiger partial charge is 0.356 e. The molecule has 0 saturated carbocycles. The summed E-state index contributed by atoms with van der Waals surface area (Å²) in [6.45, 7) is 5.34. The van der Waals surface area contributed by atoms with Gasteiger partial charge in [0.2, 0.25) is 5.91 Å². The molecule has 0 aliphatic carbocycles. The van der Waals surface area contributed by atoms with E-state index in [-0.39, 0.29) is 24.2 Å². The molecule has 2 atom stereocenters. The maximum Gasteiger partial charge on any atom is 0.223 e. The number of carbonyl (C=O) groups excluding carboxylic acids is 1. The van der Waals surface area contributed by atoms with E-state index in [9.17, 15) is 4.79 Å². The molecule has 0 aliphatic rings. The van der Waals surface area contributed by atoms with Crippen molar-refractivity contribution in [1.82, 2.24) is 5.32 Å². The first-order valence-corrected chi connectivity index (χ1v) is 7.58. The number of hydrogen-bond acceptors (Lipinski definition) is 2. The zero-order valence-electron chi connectivity index (χ0n) is 12.1. The highest BCUT2D eigenvalue weighted by Gasteiger charge is 2.17. The second-order valence-corrected chi connectivity index (χ2v) is 5.94. The summed E-state index contributed by atoms with van der Waals surface area (Å²) in [7, 11) is 0. The van der Waals surface area contributed by atoms with Crippen LogP contribution in [0.1, 0.15) is 25.8 Å². The third kappa shape index (κ3) is 6.73. The second-order valence-electron chi connectivity index (χ2n) is 5.03. The van der Waals surface area contributed by atoms with Gasteiger partial charge in [0.15, 0.2) is 0 Å². The molecular weight excluding hydrogens is 340 g/mol. The van der Waals surface area contributed by atoms with Gasteiger partial charge in [0, 0.05) is 16.9 Å². The zero-order valence-corrected chi connectivity index (χ0v) is 14.5. The van der Waals surface area contributed by atoms with Gasteiger partial charge in [-0.05, 0) is 43.0 Å². The Labute approximate surface area is 136 Å². The van der Waals surface area contributed by atoms with E-state index in [1.165, 1.54) is 5.56 Å². The summed E-state index contributed by atoms with van der Waals surface area (Å²) in [6, 6.07) is 8.12. The first kappa shape index (κ1) is 19.4. The molecule has 1 rings (SSSR count). The Kier molecular flexibility index (Phi) is 9.90. The molecule has 0 heterocycles. The van der Waals surface area contributed by atoms with E-state index in [2.05, 4.69) is 40.3 Å². The first-order valence-electron chi connectivity index (χ1n) is 6.79. The van der Waals surface area contributed by atoms with Crippen LogP contribution in [0.5, 0.6) is 0 Å². The van der Waals surface area contributed by atoms with Crippen LogP contribution in [0, 0.1) is 11.8 Å². The quantitative estimate of drug-likeness (QED) is 0.782. The molecule has 1 aromatic carbocycles. The lowest BCUT2D eigenvalue weighted by atomic mass is 9.96. The molecule has 3 nitrogen and oxygen atoms in total. The molecule has 0 saturated heterocycles. The molecule has 1 amide bonds. The summed E-state index contributed by atoms with van der Waals surface area (Å²) >= 11 is 3.46. The Morgan fingerprint density at radius 2 is 2.15 bits per heavy atom. The van der Waals surface area contributed by atoms with Gasteiger partial charge in [0.25, 0.3) is 0 Å². The molecule has 1 aromatic rings. The van der Waals surface area contributed by atoms with Gasteiger partial charge in [-0.25, -0.2) is 0 Å². The minimum atomic E-state index is 0. The standard InChI is InChI=1S/C15H23BrN2O.ClH/c1-3-13(15(19)18-10-11(2)9-17)7-12-5-4-6-14(16)8-12;/h4-6,8,11,13H,3,7,9-10,17H2,1-2H3,(H,18,19);1H. The number of hydrogen-bond donors (Lipinski definition) is 2. The summed E-state index contributed by atoms with van der Waals surface area (Å²) < 4.78 is 1.05. The number of rotatable bonds is 7. The van der Waals surface area contributed by atoms with Gasteiger partial charge in [-0.3, -0.25) is 4.79 Å². The average molecular weight is 364 g/mol. The molecule has 114 valence electrons. The van der Waals surface area contributed by atoms with E-state index in [1.807, 2.05) is 19.1 Å². The van der Waals surface area contributed by atoms with E-state index in [0.717, 1.165) is 17.3 Å². The Morgan fingerprint density at radius 1 is 1.45 bits per heavy atom. The maximum atomic E-state index is 12.1. The fourth-order valence-corrected chi connectivity index (χ4v) is 2.32. The van der Waals surface area contributed by atoms with Crippen molar-refractivity contribution in [3.8, 4) is 0 Å². The van der Waals surface area contributed by atoms with Gasteiger partial charge in [-0.2, -0.15) is 0 Å². The summed E-state index contributed by atoms with van der Waals surface area (Å²) in [5.41, 5.74) is 6.73. The van der Waals surface area contributed by atoms with Crippen LogP contribution in [0.4, 0.5) is 0 Å². The van der Waals surface area contributed by atoms with E-state index in [4.69, 9.17) is 5.73 Å². The predicted octanol–water partition coefficient (Wildman–Crippen LogP) is 3.15. The molecule has 20 heavy (non-hydrogen) atoms. The summed E-state index contributed by atoms with van der Waals surface area (Å²) in [4.78, 5) is 12.1. The number of carbonyl (C=O) groups is 1. The number of halogens is 2. The van der Waals surface area contributed by atoms with Crippen LogP contribution in [-0.4, -0.2) is 19.0 Å². The minimum absolute atomic E-state index is 0. The van der Waals surface area contributed by atoms with Gasteiger partial charge in [-0.15, -0.1) is 12.4 Å². The normalized spacial score (nSPS) is 13.2. The van der Waals surface area contributed by atoms with Crippen LogP contribution in [0.15, 0.2) is 28.7 Å².